The molecule has 0 radical (unpaired) electrons. The number of ether oxygens (including phenoxy) is 1. The highest BCUT2D eigenvalue weighted by atomic mass is 19.4. The molecule has 0 bridgehead atoms. The van der Waals surface area contributed by atoms with Gasteiger partial charge in [-0.25, -0.2) is 4.79 Å². The molecule has 0 fully saturated rings. The van der Waals surface area contributed by atoms with Gasteiger partial charge >= 0.3 is 18.8 Å². The van der Waals surface area contributed by atoms with Crippen LogP contribution in [0.2, 0.25) is 0 Å². The summed E-state index contributed by atoms with van der Waals surface area (Å²) < 4.78 is 64.9. The van der Waals surface area contributed by atoms with Gasteiger partial charge in [-0.3, -0.25) is 4.90 Å². The number of hydrogen-bond donors (Lipinski definition) is 2. The summed E-state index contributed by atoms with van der Waals surface area (Å²) in [5.41, 5.74) is 0.687. The molecule has 1 unspecified atom stereocenters. The van der Waals surface area contributed by atoms with Crippen LogP contribution in [0.3, 0.4) is 0 Å². The Morgan fingerprint density at radius 1 is 1.23 bits per heavy atom. The lowest BCUT2D eigenvalue weighted by molar-refractivity contribution is -0.143. The Kier molecular flexibility index (Phi) is 8.56. The first-order valence-electron chi connectivity index (χ1n) is 7.91. The highest BCUT2D eigenvalue weighted by Gasteiger charge is 2.28. The van der Waals surface area contributed by atoms with Gasteiger partial charge in [0.05, 0.1) is 12.6 Å². The second kappa shape index (κ2) is 10.1. The predicted octanol–water partition coefficient (Wildman–Crippen LogP) is 3.53. The summed E-state index contributed by atoms with van der Waals surface area (Å²) in [7, 11) is 1.36. The van der Waals surface area contributed by atoms with E-state index in [0.717, 1.165) is 4.90 Å². The van der Waals surface area contributed by atoms with Crippen molar-refractivity contribution in [2.45, 2.75) is 32.2 Å². The topological polar surface area (TPSA) is 53.6 Å². The van der Waals surface area contributed by atoms with Crippen LogP contribution in [0.5, 0.6) is 5.75 Å². The van der Waals surface area contributed by atoms with E-state index in [1.165, 1.54) is 19.2 Å². The summed E-state index contributed by atoms with van der Waals surface area (Å²) in [5.74, 6) is 0.0170. The Hall–Kier alpha value is -2.10. The number of halogens is 5. The third-order valence-electron chi connectivity index (χ3n) is 3.40. The molecule has 1 atom stereocenters. The van der Waals surface area contributed by atoms with Gasteiger partial charge in [0.15, 0.2) is 0 Å². The van der Waals surface area contributed by atoms with Crippen molar-refractivity contribution < 1.29 is 31.5 Å². The number of benzene rings is 1. The van der Waals surface area contributed by atoms with Crippen LogP contribution in [0.25, 0.3) is 0 Å². The second-order valence-electron chi connectivity index (χ2n) is 5.78. The number of nitrogens with one attached hydrogen (secondary N) is 2. The molecule has 26 heavy (non-hydrogen) atoms. The average molecular weight is 383 g/mol. The molecule has 1 rings (SSSR count). The van der Waals surface area contributed by atoms with Crippen molar-refractivity contribution in [3.63, 3.8) is 0 Å². The van der Waals surface area contributed by atoms with Crippen LogP contribution in [-0.4, -0.2) is 50.4 Å². The van der Waals surface area contributed by atoms with Crippen molar-refractivity contribution in [3.8, 4) is 5.75 Å². The Morgan fingerprint density at radius 2 is 1.85 bits per heavy atom. The summed E-state index contributed by atoms with van der Waals surface area (Å²) in [6, 6.07) is 4.98. The molecule has 0 heterocycles. The number of urea groups is 1. The van der Waals surface area contributed by atoms with Crippen LogP contribution in [0.4, 0.5) is 26.7 Å². The van der Waals surface area contributed by atoms with Crippen molar-refractivity contribution in [2.24, 2.45) is 0 Å². The Balaban J connectivity index is 2.30. The minimum Gasteiger partial charge on any atom is -0.435 e. The average Bonchev–Trinajstić information content (AvgIpc) is 2.50. The molecule has 148 valence electrons. The van der Waals surface area contributed by atoms with Crippen LogP contribution in [-0.2, 0) is 0 Å². The standard InChI is InChI=1S/C16H22F5N3O2/c1-11(12-4-6-13(7-5-12)26-14(17)18)23-15(25)22-8-3-9-24(2)10-16(19,20)21/h4-7,11,14H,3,8-10H2,1-2H3,(H2,22,23,25). The minimum absolute atomic E-state index is 0.0170. The van der Waals surface area contributed by atoms with Gasteiger partial charge in [-0.1, -0.05) is 12.1 Å². The van der Waals surface area contributed by atoms with Crippen molar-refractivity contribution in [2.75, 3.05) is 26.7 Å². The van der Waals surface area contributed by atoms with E-state index in [-0.39, 0.29) is 24.9 Å². The molecule has 0 aliphatic rings. The molecule has 1 aromatic carbocycles. The fourth-order valence-electron chi connectivity index (χ4n) is 2.20. The summed E-state index contributed by atoms with van der Waals surface area (Å²) in [5, 5.41) is 5.21. The van der Waals surface area contributed by atoms with Crippen molar-refractivity contribution in [1.29, 1.82) is 0 Å². The summed E-state index contributed by atoms with van der Waals surface area (Å²) >= 11 is 0. The maximum absolute atomic E-state index is 12.2. The van der Waals surface area contributed by atoms with Gasteiger partial charge in [-0.05, 0) is 44.6 Å². The van der Waals surface area contributed by atoms with Crippen LogP contribution < -0.4 is 15.4 Å². The molecule has 0 aliphatic carbocycles. The molecule has 0 aromatic heterocycles. The summed E-state index contributed by atoms with van der Waals surface area (Å²) in [6.07, 6.45) is -3.88. The second-order valence-corrected chi connectivity index (χ2v) is 5.78. The largest absolute Gasteiger partial charge is 0.435 e. The maximum Gasteiger partial charge on any atom is 0.401 e. The fraction of sp³-hybridized carbons (Fsp3) is 0.562. The number of amides is 2. The van der Waals surface area contributed by atoms with Crippen LogP contribution in [0.15, 0.2) is 24.3 Å². The molecule has 2 amide bonds. The summed E-state index contributed by atoms with van der Waals surface area (Å²) in [4.78, 5) is 12.9. The molecule has 0 spiro atoms. The first-order valence-corrected chi connectivity index (χ1v) is 7.91. The van der Waals surface area contributed by atoms with E-state index in [0.29, 0.717) is 12.0 Å². The van der Waals surface area contributed by atoms with Crippen LogP contribution in [0, 0.1) is 0 Å². The zero-order valence-corrected chi connectivity index (χ0v) is 14.4. The third kappa shape index (κ3) is 9.40. The van der Waals surface area contributed by atoms with Crippen molar-refractivity contribution >= 4 is 6.03 Å². The van der Waals surface area contributed by atoms with Crippen LogP contribution >= 0.6 is 0 Å². The van der Waals surface area contributed by atoms with E-state index in [2.05, 4.69) is 15.4 Å². The van der Waals surface area contributed by atoms with E-state index in [4.69, 9.17) is 0 Å². The molecule has 2 N–H and O–H groups in total. The van der Waals surface area contributed by atoms with Crippen molar-refractivity contribution in [3.05, 3.63) is 29.8 Å². The van der Waals surface area contributed by atoms with E-state index >= 15 is 0 Å². The normalized spacial score (nSPS) is 13.0. The highest BCUT2D eigenvalue weighted by molar-refractivity contribution is 5.74. The molecule has 10 heteroatoms. The lowest BCUT2D eigenvalue weighted by atomic mass is 10.1. The lowest BCUT2D eigenvalue weighted by Crippen LogP contribution is -2.39. The monoisotopic (exact) mass is 383 g/mol. The molecular weight excluding hydrogens is 361 g/mol. The molecule has 0 saturated heterocycles. The van der Waals surface area contributed by atoms with Crippen molar-refractivity contribution in [1.82, 2.24) is 15.5 Å². The lowest BCUT2D eigenvalue weighted by Gasteiger charge is -2.19. The van der Waals surface area contributed by atoms with Gasteiger partial charge in [0.25, 0.3) is 0 Å². The molecule has 0 saturated carbocycles. The first kappa shape index (κ1) is 21.9. The zero-order chi connectivity index (χ0) is 19.7. The fourth-order valence-corrected chi connectivity index (χ4v) is 2.20. The van der Waals surface area contributed by atoms with E-state index in [1.54, 1.807) is 19.1 Å². The Morgan fingerprint density at radius 3 is 2.38 bits per heavy atom. The summed E-state index contributed by atoms with van der Waals surface area (Å²) in [6.45, 7) is -1.78. The third-order valence-corrected chi connectivity index (χ3v) is 3.40. The smallest absolute Gasteiger partial charge is 0.401 e. The predicted molar refractivity (Wildman–Crippen MR) is 86.2 cm³/mol. The minimum atomic E-state index is -4.25. The van der Waals surface area contributed by atoms with E-state index in [1.807, 2.05) is 0 Å². The SMILES string of the molecule is CC(NC(=O)NCCCN(C)CC(F)(F)F)c1ccc(OC(F)F)cc1. The number of nitrogens with zero attached hydrogens (tertiary/aromatic N) is 1. The van der Waals surface area contributed by atoms with E-state index in [9.17, 15) is 26.7 Å². The number of carbonyl (C=O) groups excluding carboxylic acids is 1. The molecule has 1 aromatic rings. The van der Waals surface area contributed by atoms with Gasteiger partial charge in [0, 0.05) is 6.54 Å². The number of carbonyl (C=O) groups is 1. The van der Waals surface area contributed by atoms with Gasteiger partial charge in [0.2, 0.25) is 0 Å². The zero-order valence-electron chi connectivity index (χ0n) is 14.4. The first-order chi connectivity index (χ1) is 12.1. The number of rotatable bonds is 9. The van der Waals surface area contributed by atoms with Gasteiger partial charge < -0.3 is 15.4 Å². The van der Waals surface area contributed by atoms with Gasteiger partial charge in [-0.2, -0.15) is 22.0 Å². The highest BCUT2D eigenvalue weighted by Crippen LogP contribution is 2.19. The van der Waals surface area contributed by atoms with Gasteiger partial charge in [0.1, 0.15) is 5.75 Å². The Bertz CT molecular complexity index is 552. The molecule has 0 aliphatic heterocycles. The maximum atomic E-state index is 12.2. The van der Waals surface area contributed by atoms with Crippen LogP contribution in [0.1, 0.15) is 24.9 Å². The quantitative estimate of drug-likeness (QED) is 0.507. The Labute approximate surface area is 148 Å². The number of hydrogen-bond acceptors (Lipinski definition) is 3. The molecule has 5 nitrogen and oxygen atoms in total. The molecular formula is C16H22F5N3O2. The number of alkyl halides is 5. The van der Waals surface area contributed by atoms with Gasteiger partial charge in [-0.15, -0.1) is 0 Å². The van der Waals surface area contributed by atoms with E-state index < -0.39 is 25.4 Å².